The molecule has 1 atom stereocenters. The average Bonchev–Trinajstić information content (AvgIpc) is 2.74. The van der Waals surface area contributed by atoms with Crippen molar-refractivity contribution in [2.45, 2.75) is 45.6 Å². The van der Waals surface area contributed by atoms with E-state index < -0.39 is 52.0 Å². The van der Waals surface area contributed by atoms with Crippen molar-refractivity contribution < 1.29 is 35.6 Å². The molecule has 2 rings (SSSR count). The smallest absolute Gasteiger partial charge is 0.352 e. The van der Waals surface area contributed by atoms with Crippen LogP contribution in [0.3, 0.4) is 0 Å². The van der Waals surface area contributed by atoms with Crippen LogP contribution in [0.1, 0.15) is 31.9 Å². The normalized spacial score (nSPS) is 12.8. The quantitative estimate of drug-likeness (QED) is 0.516. The number of rotatable bonds is 9. The van der Waals surface area contributed by atoms with Gasteiger partial charge in [0.15, 0.2) is 0 Å². The molecule has 7 nitrogen and oxygen atoms in total. The van der Waals surface area contributed by atoms with Crippen LogP contribution >= 0.6 is 0 Å². The fourth-order valence-corrected chi connectivity index (χ4v) is 4.07. The van der Waals surface area contributed by atoms with Crippen molar-refractivity contribution in [3.8, 4) is 0 Å². The minimum atomic E-state index is -4.72. The van der Waals surface area contributed by atoms with Crippen LogP contribution in [0.2, 0.25) is 0 Å². The van der Waals surface area contributed by atoms with Crippen LogP contribution in [-0.4, -0.2) is 50.0 Å². The fraction of sp³-hybridized carbons (Fsp3) is 0.391. The molecule has 1 unspecified atom stereocenters. The fourth-order valence-electron chi connectivity index (χ4n) is 3.23. The van der Waals surface area contributed by atoms with Gasteiger partial charge in [-0.25, -0.2) is 12.8 Å². The molecular weight excluding hydrogens is 490 g/mol. The van der Waals surface area contributed by atoms with Gasteiger partial charge < -0.3 is 10.2 Å². The van der Waals surface area contributed by atoms with E-state index in [4.69, 9.17) is 0 Å². The molecule has 0 aliphatic heterocycles. The Bertz CT molecular complexity index is 1150. The van der Waals surface area contributed by atoms with Gasteiger partial charge in [-0.2, -0.15) is 13.2 Å². The van der Waals surface area contributed by atoms with Crippen molar-refractivity contribution in [3.05, 3.63) is 65.5 Å². The lowest BCUT2D eigenvalue weighted by molar-refractivity contribution is -0.139. The van der Waals surface area contributed by atoms with Crippen LogP contribution in [0.15, 0.2) is 48.5 Å². The first kappa shape index (κ1) is 28.1. The Morgan fingerprint density at radius 1 is 1.03 bits per heavy atom. The maximum atomic E-state index is 13.3. The zero-order valence-electron chi connectivity index (χ0n) is 19.6. The number of hydrogen-bond acceptors (Lipinski definition) is 4. The van der Waals surface area contributed by atoms with Crippen LogP contribution in [0, 0.1) is 5.82 Å². The molecule has 2 aromatic rings. The lowest BCUT2D eigenvalue weighted by Crippen LogP contribution is -2.52. The molecule has 2 amide bonds. The van der Waals surface area contributed by atoms with Crippen molar-refractivity contribution in [1.82, 2.24) is 10.2 Å². The van der Waals surface area contributed by atoms with Gasteiger partial charge in [0.2, 0.25) is 21.8 Å². The van der Waals surface area contributed by atoms with Crippen molar-refractivity contribution in [1.29, 1.82) is 0 Å². The van der Waals surface area contributed by atoms with E-state index in [9.17, 15) is 35.6 Å². The Labute approximate surface area is 201 Å². The highest BCUT2D eigenvalue weighted by atomic mass is 32.2. The summed E-state index contributed by atoms with van der Waals surface area (Å²) < 4.78 is 78.3. The number of carbonyl (C=O) groups is 2. The van der Waals surface area contributed by atoms with Crippen LogP contribution in [0.25, 0.3) is 0 Å². The van der Waals surface area contributed by atoms with Crippen LogP contribution < -0.4 is 9.62 Å². The first-order chi connectivity index (χ1) is 16.1. The van der Waals surface area contributed by atoms with Gasteiger partial charge in [-0.05, 0) is 56.7 Å². The van der Waals surface area contributed by atoms with E-state index in [2.05, 4.69) is 5.32 Å². The van der Waals surface area contributed by atoms with Crippen molar-refractivity contribution in [3.63, 3.8) is 0 Å². The molecule has 0 radical (unpaired) electrons. The number of carbonyl (C=O) groups excluding carboxylic acids is 2. The third-order valence-corrected chi connectivity index (χ3v) is 6.15. The Hall–Kier alpha value is -3.15. The molecule has 0 heterocycles. The molecule has 0 saturated heterocycles. The monoisotopic (exact) mass is 517 g/mol. The van der Waals surface area contributed by atoms with Gasteiger partial charge in [0, 0.05) is 12.6 Å². The molecule has 12 heteroatoms. The highest BCUT2D eigenvalue weighted by molar-refractivity contribution is 7.92. The molecule has 2 aromatic carbocycles. The number of amides is 2. The van der Waals surface area contributed by atoms with E-state index in [1.165, 1.54) is 31.2 Å². The summed E-state index contributed by atoms with van der Waals surface area (Å²) in [7, 11) is -4.18. The second-order valence-electron chi connectivity index (χ2n) is 8.31. The number of nitrogens with one attached hydrogen (secondary N) is 1. The molecule has 0 fully saturated rings. The van der Waals surface area contributed by atoms with E-state index in [-0.39, 0.29) is 18.3 Å². The Morgan fingerprint density at radius 2 is 1.63 bits per heavy atom. The zero-order chi connectivity index (χ0) is 26.6. The molecule has 0 aromatic heterocycles. The molecule has 0 aliphatic rings. The lowest BCUT2D eigenvalue weighted by atomic mass is 10.1. The highest BCUT2D eigenvalue weighted by Gasteiger charge is 2.33. The first-order valence-electron chi connectivity index (χ1n) is 10.6. The molecule has 0 spiro atoms. The SMILES string of the molecule is CC(C)NC(=O)C(C)N(Cc1ccc(F)cc1)C(=O)CN(c1cccc(C(F)(F)F)c1)S(C)(=O)=O. The minimum absolute atomic E-state index is 0.161. The number of alkyl halides is 3. The number of benzene rings is 2. The third-order valence-electron chi connectivity index (χ3n) is 5.01. The minimum Gasteiger partial charge on any atom is -0.352 e. The van der Waals surface area contributed by atoms with Crippen LogP contribution in [0.4, 0.5) is 23.2 Å². The summed E-state index contributed by atoms with van der Waals surface area (Å²) in [5, 5.41) is 2.66. The molecule has 0 bridgehead atoms. The summed E-state index contributed by atoms with van der Waals surface area (Å²) in [6.07, 6.45) is -3.96. The van der Waals surface area contributed by atoms with Crippen molar-refractivity contribution in [2.75, 3.05) is 17.1 Å². The van der Waals surface area contributed by atoms with E-state index in [1.807, 2.05) is 0 Å². The topological polar surface area (TPSA) is 86.8 Å². The Kier molecular flexibility index (Phi) is 8.88. The summed E-state index contributed by atoms with van der Waals surface area (Å²) in [4.78, 5) is 27.0. The number of anilines is 1. The van der Waals surface area contributed by atoms with Gasteiger partial charge in [0.25, 0.3) is 0 Å². The van der Waals surface area contributed by atoms with Gasteiger partial charge in [0.05, 0.1) is 17.5 Å². The molecule has 1 N–H and O–H groups in total. The largest absolute Gasteiger partial charge is 0.416 e. The zero-order valence-corrected chi connectivity index (χ0v) is 20.5. The summed E-state index contributed by atoms with van der Waals surface area (Å²) in [6, 6.07) is 7.44. The van der Waals surface area contributed by atoms with Gasteiger partial charge >= 0.3 is 6.18 Å². The Balaban J connectivity index is 2.43. The van der Waals surface area contributed by atoms with E-state index in [1.54, 1.807) is 13.8 Å². The molecular formula is C23H27F4N3O4S. The van der Waals surface area contributed by atoms with E-state index in [0.29, 0.717) is 15.9 Å². The second-order valence-corrected chi connectivity index (χ2v) is 10.2. The maximum Gasteiger partial charge on any atom is 0.416 e. The summed E-state index contributed by atoms with van der Waals surface area (Å²) in [5.41, 5.74) is -0.963. The first-order valence-corrected chi connectivity index (χ1v) is 12.4. The van der Waals surface area contributed by atoms with Crippen molar-refractivity contribution >= 4 is 27.5 Å². The van der Waals surface area contributed by atoms with E-state index in [0.717, 1.165) is 29.4 Å². The van der Waals surface area contributed by atoms with Gasteiger partial charge in [-0.3, -0.25) is 13.9 Å². The summed E-state index contributed by atoms with van der Waals surface area (Å²) in [6.45, 7) is 3.87. The lowest BCUT2D eigenvalue weighted by Gasteiger charge is -2.32. The molecule has 0 saturated carbocycles. The van der Waals surface area contributed by atoms with Gasteiger partial charge in [-0.15, -0.1) is 0 Å². The van der Waals surface area contributed by atoms with Crippen LogP contribution in [-0.2, 0) is 32.3 Å². The molecule has 35 heavy (non-hydrogen) atoms. The molecule has 192 valence electrons. The standard InChI is InChI=1S/C23H27F4N3O4S/c1-15(2)28-22(32)16(3)29(13-17-8-10-19(24)11-9-17)21(31)14-30(35(4,33)34)20-7-5-6-18(12-20)23(25,26)27/h5-12,15-16H,13-14H2,1-4H3,(H,28,32). The van der Waals surface area contributed by atoms with E-state index >= 15 is 0 Å². The third kappa shape index (κ3) is 7.94. The number of halogens is 4. The maximum absolute atomic E-state index is 13.3. The van der Waals surface area contributed by atoms with Gasteiger partial charge in [0.1, 0.15) is 18.4 Å². The second kappa shape index (κ2) is 11.1. The van der Waals surface area contributed by atoms with Crippen molar-refractivity contribution in [2.24, 2.45) is 0 Å². The molecule has 0 aliphatic carbocycles. The van der Waals surface area contributed by atoms with Gasteiger partial charge in [-0.1, -0.05) is 18.2 Å². The van der Waals surface area contributed by atoms with Crippen LogP contribution in [0.5, 0.6) is 0 Å². The Morgan fingerprint density at radius 3 is 2.14 bits per heavy atom. The predicted molar refractivity (Wildman–Crippen MR) is 123 cm³/mol. The average molecular weight is 518 g/mol. The predicted octanol–water partition coefficient (Wildman–Crippen LogP) is 3.55. The summed E-state index contributed by atoms with van der Waals surface area (Å²) >= 11 is 0. The number of hydrogen-bond donors (Lipinski definition) is 1. The summed E-state index contributed by atoms with van der Waals surface area (Å²) in [5.74, 6) is -1.85. The number of sulfonamides is 1. The highest BCUT2D eigenvalue weighted by Crippen LogP contribution is 2.32. The number of nitrogens with zero attached hydrogens (tertiary/aromatic N) is 2.